The van der Waals surface area contributed by atoms with Crippen LogP contribution in [0.15, 0.2) is 42.6 Å². The zero-order chi connectivity index (χ0) is 23.5. The number of rotatable bonds is 5. The van der Waals surface area contributed by atoms with Crippen LogP contribution in [0.25, 0.3) is 10.9 Å². The predicted octanol–water partition coefficient (Wildman–Crippen LogP) is 3.73. The molecule has 0 saturated carbocycles. The van der Waals surface area contributed by atoms with Crippen LogP contribution < -0.4 is 20.5 Å². The zero-order valence-electron chi connectivity index (χ0n) is 18.3. The van der Waals surface area contributed by atoms with Crippen molar-refractivity contribution in [3.63, 3.8) is 0 Å². The summed E-state index contributed by atoms with van der Waals surface area (Å²) in [6.45, 7) is 3.67. The molecule has 0 radical (unpaired) electrons. The van der Waals surface area contributed by atoms with Crippen molar-refractivity contribution >= 4 is 51.4 Å². The number of fused-ring (bicyclic) bond motifs is 1. The monoisotopic (exact) mass is 485 g/mol. The molecule has 3 aromatic rings. The highest BCUT2D eigenvalue weighted by molar-refractivity contribution is 7.80. The lowest BCUT2D eigenvalue weighted by atomic mass is 10.1. The number of piperazine rings is 1. The first-order chi connectivity index (χ1) is 15.9. The first-order valence-electron chi connectivity index (χ1n) is 10.3. The van der Waals surface area contributed by atoms with E-state index >= 15 is 0 Å². The summed E-state index contributed by atoms with van der Waals surface area (Å²) in [7, 11) is 3.57. The number of halogens is 1. The molecule has 1 aromatic heterocycles. The number of hydrogen-bond acceptors (Lipinski definition) is 6. The molecule has 1 amide bonds. The van der Waals surface area contributed by atoms with Crippen molar-refractivity contribution < 1.29 is 14.3 Å². The van der Waals surface area contributed by atoms with E-state index in [4.69, 9.17) is 39.0 Å². The number of anilines is 1. The van der Waals surface area contributed by atoms with Gasteiger partial charge in [0.05, 0.1) is 28.9 Å². The van der Waals surface area contributed by atoms with Crippen LogP contribution in [0, 0.1) is 0 Å². The summed E-state index contributed by atoms with van der Waals surface area (Å²) in [5, 5.41) is 4.97. The minimum absolute atomic E-state index is 0.248. The van der Waals surface area contributed by atoms with Crippen LogP contribution in [0.5, 0.6) is 17.2 Å². The van der Waals surface area contributed by atoms with Crippen LogP contribution in [0.3, 0.4) is 0 Å². The number of nitrogens with one attached hydrogen (secondary N) is 1. The van der Waals surface area contributed by atoms with E-state index in [2.05, 4.69) is 27.1 Å². The Morgan fingerprint density at radius 2 is 1.91 bits per heavy atom. The third-order valence-corrected chi connectivity index (χ3v) is 6.16. The second-order valence-electron chi connectivity index (χ2n) is 7.71. The number of nitrogens with zero attached hydrogens (tertiary/aromatic N) is 3. The van der Waals surface area contributed by atoms with Gasteiger partial charge in [-0.1, -0.05) is 11.6 Å². The Kier molecular flexibility index (Phi) is 6.83. The number of aromatic nitrogens is 1. The highest BCUT2D eigenvalue weighted by Gasteiger charge is 2.18. The second-order valence-corrected chi connectivity index (χ2v) is 8.50. The van der Waals surface area contributed by atoms with E-state index in [0.717, 1.165) is 26.2 Å². The van der Waals surface area contributed by atoms with Gasteiger partial charge in [-0.25, -0.2) is 0 Å². The molecule has 0 aliphatic carbocycles. The average Bonchev–Trinajstić information content (AvgIpc) is 2.80. The third-order valence-electron chi connectivity index (χ3n) is 5.49. The van der Waals surface area contributed by atoms with E-state index in [1.807, 2.05) is 6.07 Å². The van der Waals surface area contributed by atoms with Crippen molar-refractivity contribution in [2.75, 3.05) is 45.7 Å². The number of methoxy groups -OCH3 is 1. The first kappa shape index (κ1) is 23.0. The summed E-state index contributed by atoms with van der Waals surface area (Å²) < 4.78 is 11.3. The van der Waals surface area contributed by atoms with Crippen molar-refractivity contribution in [2.24, 2.45) is 5.73 Å². The van der Waals surface area contributed by atoms with Crippen LogP contribution in [0.4, 0.5) is 5.69 Å². The highest BCUT2D eigenvalue weighted by atomic mass is 35.5. The van der Waals surface area contributed by atoms with E-state index in [1.54, 1.807) is 36.5 Å². The van der Waals surface area contributed by atoms with Gasteiger partial charge in [-0.3, -0.25) is 9.78 Å². The van der Waals surface area contributed by atoms with Crippen LogP contribution in [0.2, 0.25) is 5.02 Å². The molecular weight excluding hydrogens is 462 g/mol. The minimum atomic E-state index is -0.599. The van der Waals surface area contributed by atoms with Gasteiger partial charge in [0.1, 0.15) is 17.2 Å². The Morgan fingerprint density at radius 3 is 2.58 bits per heavy atom. The van der Waals surface area contributed by atoms with Gasteiger partial charge < -0.3 is 30.3 Å². The van der Waals surface area contributed by atoms with E-state index in [-0.39, 0.29) is 5.56 Å². The molecule has 172 valence electrons. The Labute approximate surface area is 202 Å². The van der Waals surface area contributed by atoms with Crippen molar-refractivity contribution in [3.05, 3.63) is 53.2 Å². The molecule has 0 bridgehead atoms. The Morgan fingerprint density at radius 1 is 1.15 bits per heavy atom. The minimum Gasteiger partial charge on any atom is -0.496 e. The number of ether oxygens (including phenoxy) is 2. The van der Waals surface area contributed by atoms with Crippen molar-refractivity contribution in [1.82, 2.24) is 14.8 Å². The number of benzene rings is 2. The van der Waals surface area contributed by atoms with E-state index in [9.17, 15) is 4.79 Å². The number of pyridine rings is 1. The summed E-state index contributed by atoms with van der Waals surface area (Å²) in [6.07, 6.45) is 1.62. The Hall–Kier alpha value is -3.14. The van der Waals surface area contributed by atoms with Crippen LogP contribution in [-0.4, -0.2) is 66.1 Å². The SMILES string of the molecule is COc1cc2nccc(Oc3ccc(NC(=S)N4CCN(C)CC4)c(Cl)c3)c2cc1C(N)=O. The molecule has 0 spiro atoms. The molecular formula is C23H24ClN5O3S. The molecule has 1 fully saturated rings. The Bertz CT molecular complexity index is 1210. The maximum absolute atomic E-state index is 11.8. The van der Waals surface area contributed by atoms with Gasteiger partial charge in [0, 0.05) is 49.9 Å². The summed E-state index contributed by atoms with van der Waals surface area (Å²) in [5.74, 6) is 0.794. The predicted molar refractivity (Wildman–Crippen MR) is 134 cm³/mol. The fourth-order valence-electron chi connectivity index (χ4n) is 3.59. The van der Waals surface area contributed by atoms with E-state index in [1.165, 1.54) is 7.11 Å². The molecule has 10 heteroatoms. The second kappa shape index (κ2) is 9.78. The number of nitrogens with two attached hydrogens (primary N) is 1. The van der Waals surface area contributed by atoms with Gasteiger partial charge in [-0.2, -0.15) is 0 Å². The highest BCUT2D eigenvalue weighted by Crippen LogP contribution is 2.35. The molecule has 8 nitrogen and oxygen atoms in total. The molecule has 0 unspecified atom stereocenters. The third kappa shape index (κ3) is 5.11. The largest absolute Gasteiger partial charge is 0.496 e. The standard InChI is InChI=1S/C23H24ClN5O3S/c1-28-7-9-29(10-8-28)23(33)27-18-4-3-14(11-17(18)24)32-20-5-6-26-19-13-21(31-2)16(22(25)30)12-15(19)20/h3-6,11-13H,7-10H2,1-2H3,(H2,25,30)(H,27,33). The van der Waals surface area contributed by atoms with Gasteiger partial charge in [0.15, 0.2) is 5.11 Å². The lowest BCUT2D eigenvalue weighted by Gasteiger charge is -2.34. The molecule has 2 aromatic carbocycles. The van der Waals surface area contributed by atoms with Crippen LogP contribution in [-0.2, 0) is 0 Å². The number of hydrogen-bond donors (Lipinski definition) is 2. The van der Waals surface area contributed by atoms with Gasteiger partial charge in [-0.15, -0.1) is 0 Å². The molecule has 33 heavy (non-hydrogen) atoms. The molecule has 1 aliphatic rings. The number of carbonyl (C=O) groups excluding carboxylic acids is 1. The molecule has 3 N–H and O–H groups in total. The maximum atomic E-state index is 11.8. The zero-order valence-corrected chi connectivity index (χ0v) is 19.9. The number of amides is 1. The molecule has 4 rings (SSSR count). The van der Waals surface area contributed by atoms with Crippen molar-refractivity contribution in [2.45, 2.75) is 0 Å². The topological polar surface area (TPSA) is 93.0 Å². The summed E-state index contributed by atoms with van der Waals surface area (Å²) in [4.78, 5) is 20.6. The Balaban J connectivity index is 1.55. The summed E-state index contributed by atoms with van der Waals surface area (Å²) >= 11 is 12.1. The fourth-order valence-corrected chi connectivity index (χ4v) is 4.10. The number of thiocarbonyl (C=S) groups is 1. The smallest absolute Gasteiger partial charge is 0.252 e. The molecule has 1 saturated heterocycles. The average molecular weight is 486 g/mol. The maximum Gasteiger partial charge on any atom is 0.252 e. The lowest BCUT2D eigenvalue weighted by Crippen LogP contribution is -2.48. The quantitative estimate of drug-likeness (QED) is 0.528. The van der Waals surface area contributed by atoms with Gasteiger partial charge in [-0.05, 0) is 43.5 Å². The number of primary amides is 1. The number of likely N-dealkylation sites (N-methyl/N-ethyl adjacent to an activating group) is 1. The molecule has 0 atom stereocenters. The normalized spacial score (nSPS) is 14.2. The molecule has 1 aliphatic heterocycles. The van der Waals surface area contributed by atoms with Crippen LogP contribution in [0.1, 0.15) is 10.4 Å². The van der Waals surface area contributed by atoms with Crippen molar-refractivity contribution in [3.8, 4) is 17.2 Å². The first-order valence-corrected chi connectivity index (χ1v) is 11.1. The summed E-state index contributed by atoms with van der Waals surface area (Å²) in [5.41, 5.74) is 7.06. The van der Waals surface area contributed by atoms with E-state index in [0.29, 0.717) is 44.0 Å². The lowest BCUT2D eigenvalue weighted by molar-refractivity contribution is 0.0997. The van der Waals surface area contributed by atoms with Crippen LogP contribution >= 0.6 is 23.8 Å². The van der Waals surface area contributed by atoms with E-state index < -0.39 is 5.91 Å². The molecule has 2 heterocycles. The van der Waals surface area contributed by atoms with Gasteiger partial charge >= 0.3 is 0 Å². The van der Waals surface area contributed by atoms with Crippen molar-refractivity contribution in [1.29, 1.82) is 0 Å². The van der Waals surface area contributed by atoms with Gasteiger partial charge in [0.25, 0.3) is 5.91 Å². The fraction of sp³-hybridized carbons (Fsp3) is 0.261. The summed E-state index contributed by atoms with van der Waals surface area (Å²) in [6, 6.07) is 10.3. The van der Waals surface area contributed by atoms with Gasteiger partial charge in [0.2, 0.25) is 0 Å². The number of carbonyl (C=O) groups is 1.